The van der Waals surface area contributed by atoms with Gasteiger partial charge < -0.3 is 9.64 Å². The summed E-state index contributed by atoms with van der Waals surface area (Å²) < 4.78 is 7.55. The number of rotatable bonds is 10. The number of benzene rings is 4. The zero-order valence-electron chi connectivity index (χ0n) is 23.3. The number of hydrogen-bond donors (Lipinski definition) is 0. The molecular formula is C34H35N3O3. The Kier molecular flexibility index (Phi) is 8.25. The molecule has 0 aliphatic heterocycles. The largest absolute Gasteiger partial charge is 0.492 e. The van der Waals surface area contributed by atoms with E-state index in [2.05, 4.69) is 6.92 Å². The van der Waals surface area contributed by atoms with Gasteiger partial charge >= 0.3 is 0 Å². The molecule has 40 heavy (non-hydrogen) atoms. The van der Waals surface area contributed by atoms with Crippen molar-refractivity contribution in [3.63, 3.8) is 0 Å². The highest BCUT2D eigenvalue weighted by molar-refractivity contribution is 5.98. The number of amides is 1. The SMILES string of the molecule is CCCCCN(C(=O)c1ccc2ccccc2c1)C(C)c1nc2ccccc2c(=O)n1-c1ccccc1OCC. The molecule has 0 saturated carbocycles. The third-order valence-electron chi connectivity index (χ3n) is 7.31. The average molecular weight is 534 g/mol. The smallest absolute Gasteiger partial charge is 0.266 e. The van der Waals surface area contributed by atoms with Gasteiger partial charge in [0.15, 0.2) is 0 Å². The second kappa shape index (κ2) is 12.2. The minimum absolute atomic E-state index is 0.0820. The summed E-state index contributed by atoms with van der Waals surface area (Å²) in [6.07, 6.45) is 2.89. The van der Waals surface area contributed by atoms with Crippen LogP contribution >= 0.6 is 0 Å². The van der Waals surface area contributed by atoms with E-state index in [-0.39, 0.29) is 11.5 Å². The first-order chi connectivity index (χ1) is 19.5. The van der Waals surface area contributed by atoms with Gasteiger partial charge in [-0.2, -0.15) is 0 Å². The van der Waals surface area contributed by atoms with Gasteiger partial charge in [-0.25, -0.2) is 4.98 Å². The summed E-state index contributed by atoms with van der Waals surface area (Å²) >= 11 is 0. The van der Waals surface area contributed by atoms with E-state index in [4.69, 9.17) is 9.72 Å². The Morgan fingerprint density at radius 2 is 1.62 bits per heavy atom. The van der Waals surface area contributed by atoms with E-state index in [1.807, 2.05) is 104 Å². The van der Waals surface area contributed by atoms with Crippen LogP contribution in [0.2, 0.25) is 0 Å². The lowest BCUT2D eigenvalue weighted by Gasteiger charge is -2.31. The highest BCUT2D eigenvalue weighted by Gasteiger charge is 2.28. The summed E-state index contributed by atoms with van der Waals surface area (Å²) in [5, 5.41) is 2.62. The molecule has 0 fully saturated rings. The molecule has 6 nitrogen and oxygen atoms in total. The highest BCUT2D eigenvalue weighted by atomic mass is 16.5. The molecule has 204 valence electrons. The van der Waals surface area contributed by atoms with Crippen LogP contribution in [0.3, 0.4) is 0 Å². The number of unbranched alkanes of at least 4 members (excludes halogenated alkanes) is 2. The molecule has 1 unspecified atom stereocenters. The van der Waals surface area contributed by atoms with Crippen molar-refractivity contribution in [1.29, 1.82) is 0 Å². The first-order valence-corrected chi connectivity index (χ1v) is 14.1. The Morgan fingerprint density at radius 1 is 0.900 bits per heavy atom. The van der Waals surface area contributed by atoms with Crippen molar-refractivity contribution >= 4 is 27.6 Å². The Morgan fingerprint density at radius 3 is 2.42 bits per heavy atom. The molecule has 1 aromatic heterocycles. The Labute approximate surface area is 234 Å². The van der Waals surface area contributed by atoms with Crippen LogP contribution in [0.25, 0.3) is 27.4 Å². The molecule has 5 aromatic rings. The van der Waals surface area contributed by atoms with Gasteiger partial charge in [-0.15, -0.1) is 0 Å². The van der Waals surface area contributed by atoms with Gasteiger partial charge in [-0.1, -0.05) is 74.4 Å². The van der Waals surface area contributed by atoms with Crippen molar-refractivity contribution < 1.29 is 9.53 Å². The number of aromatic nitrogens is 2. The lowest BCUT2D eigenvalue weighted by atomic mass is 10.0. The lowest BCUT2D eigenvalue weighted by molar-refractivity contribution is 0.0677. The Balaban J connectivity index is 1.67. The second-order valence-electron chi connectivity index (χ2n) is 9.97. The maximum Gasteiger partial charge on any atom is 0.266 e. The quantitative estimate of drug-likeness (QED) is 0.176. The standard InChI is InChI=1S/C34H35N3O3/c1-4-6-13-22-36(33(38)27-21-20-25-14-7-8-15-26(25)23-27)24(3)32-35-29-17-10-9-16-28(29)34(39)37(32)30-18-11-12-19-31(30)40-5-2/h7-12,14-21,23-24H,4-6,13,22H2,1-3H3. The zero-order valence-corrected chi connectivity index (χ0v) is 23.3. The molecule has 0 spiro atoms. The molecule has 0 aliphatic rings. The third-order valence-corrected chi connectivity index (χ3v) is 7.31. The van der Waals surface area contributed by atoms with Crippen molar-refractivity contribution in [3.05, 3.63) is 113 Å². The van der Waals surface area contributed by atoms with Gasteiger partial charge in [0.25, 0.3) is 11.5 Å². The minimum atomic E-state index is -0.484. The summed E-state index contributed by atoms with van der Waals surface area (Å²) in [6, 6.07) is 28.2. The molecule has 0 radical (unpaired) electrons. The summed E-state index contributed by atoms with van der Waals surface area (Å²) in [6.45, 7) is 7.03. The molecule has 1 heterocycles. The number of fused-ring (bicyclic) bond motifs is 2. The highest BCUT2D eigenvalue weighted by Crippen LogP contribution is 2.29. The number of para-hydroxylation sites is 3. The van der Waals surface area contributed by atoms with Gasteiger partial charge in [0.2, 0.25) is 0 Å². The van der Waals surface area contributed by atoms with Crippen LogP contribution in [0.15, 0.2) is 95.8 Å². The summed E-state index contributed by atoms with van der Waals surface area (Å²) in [4.78, 5) is 35.1. The van der Waals surface area contributed by atoms with E-state index in [1.54, 1.807) is 10.6 Å². The van der Waals surface area contributed by atoms with Crippen molar-refractivity contribution in [2.75, 3.05) is 13.2 Å². The van der Waals surface area contributed by atoms with Crippen LogP contribution in [0.1, 0.15) is 62.3 Å². The van der Waals surface area contributed by atoms with Gasteiger partial charge in [-0.3, -0.25) is 14.2 Å². The topological polar surface area (TPSA) is 64.4 Å². The summed E-state index contributed by atoms with van der Waals surface area (Å²) in [7, 11) is 0. The van der Waals surface area contributed by atoms with Crippen molar-refractivity contribution in [1.82, 2.24) is 14.5 Å². The van der Waals surface area contributed by atoms with Crippen LogP contribution in [0.4, 0.5) is 0 Å². The molecule has 1 atom stereocenters. The number of carbonyl (C=O) groups excluding carboxylic acids is 1. The van der Waals surface area contributed by atoms with E-state index in [1.165, 1.54) is 0 Å². The average Bonchev–Trinajstić information content (AvgIpc) is 2.99. The normalized spacial score (nSPS) is 12.0. The number of carbonyl (C=O) groups is 1. The van der Waals surface area contributed by atoms with E-state index < -0.39 is 6.04 Å². The van der Waals surface area contributed by atoms with Gasteiger partial charge in [0, 0.05) is 12.1 Å². The third kappa shape index (κ3) is 5.34. The fraction of sp³-hybridized carbons (Fsp3) is 0.265. The molecule has 4 aromatic carbocycles. The predicted octanol–water partition coefficient (Wildman–Crippen LogP) is 7.33. The molecule has 1 amide bonds. The van der Waals surface area contributed by atoms with Crippen LogP contribution in [-0.4, -0.2) is 33.5 Å². The zero-order chi connectivity index (χ0) is 28.1. The van der Waals surface area contributed by atoms with Gasteiger partial charge in [0.1, 0.15) is 11.6 Å². The van der Waals surface area contributed by atoms with Gasteiger partial charge in [-0.05, 0) is 67.4 Å². The fourth-order valence-electron chi connectivity index (χ4n) is 5.21. The molecule has 5 rings (SSSR count). The first-order valence-electron chi connectivity index (χ1n) is 14.1. The molecule has 0 aliphatic carbocycles. The predicted molar refractivity (Wildman–Crippen MR) is 161 cm³/mol. The maximum atomic E-state index is 14.1. The maximum absolute atomic E-state index is 14.1. The van der Waals surface area contributed by atoms with E-state index >= 15 is 0 Å². The summed E-state index contributed by atoms with van der Waals surface area (Å²) in [5.41, 5.74) is 1.64. The Hall–Kier alpha value is -4.45. The monoisotopic (exact) mass is 533 g/mol. The van der Waals surface area contributed by atoms with E-state index in [9.17, 15) is 9.59 Å². The van der Waals surface area contributed by atoms with E-state index in [0.29, 0.717) is 46.9 Å². The van der Waals surface area contributed by atoms with Crippen LogP contribution in [-0.2, 0) is 0 Å². The molecule has 0 bridgehead atoms. The summed E-state index contributed by atoms with van der Waals surface area (Å²) in [5.74, 6) is 1.01. The second-order valence-corrected chi connectivity index (χ2v) is 9.97. The molecule has 0 N–H and O–H groups in total. The molecule has 6 heteroatoms. The van der Waals surface area contributed by atoms with Gasteiger partial charge in [0.05, 0.1) is 29.2 Å². The van der Waals surface area contributed by atoms with E-state index in [0.717, 1.165) is 30.0 Å². The van der Waals surface area contributed by atoms with Crippen LogP contribution < -0.4 is 10.3 Å². The Bertz CT molecular complexity index is 1710. The van der Waals surface area contributed by atoms with Crippen molar-refractivity contribution in [2.24, 2.45) is 0 Å². The van der Waals surface area contributed by atoms with Crippen molar-refractivity contribution in [3.8, 4) is 11.4 Å². The molecular weight excluding hydrogens is 498 g/mol. The fourth-order valence-corrected chi connectivity index (χ4v) is 5.21. The number of nitrogens with zero attached hydrogens (tertiary/aromatic N) is 3. The molecule has 0 saturated heterocycles. The lowest BCUT2D eigenvalue weighted by Crippen LogP contribution is -2.38. The van der Waals surface area contributed by atoms with Crippen molar-refractivity contribution in [2.45, 2.75) is 46.1 Å². The number of ether oxygens (including phenoxy) is 1. The number of hydrogen-bond acceptors (Lipinski definition) is 4. The van der Waals surface area contributed by atoms with Crippen LogP contribution in [0.5, 0.6) is 5.75 Å². The van der Waals surface area contributed by atoms with Crippen LogP contribution in [0, 0.1) is 0 Å². The minimum Gasteiger partial charge on any atom is -0.492 e. The first kappa shape index (κ1) is 27.1.